The van der Waals surface area contributed by atoms with Crippen molar-refractivity contribution in [2.45, 2.75) is 84.5 Å². The van der Waals surface area contributed by atoms with E-state index >= 15 is 0 Å². The second-order valence-corrected chi connectivity index (χ2v) is 7.09. The summed E-state index contributed by atoms with van der Waals surface area (Å²) in [6.45, 7) is 4.20. The molecule has 0 aliphatic heterocycles. The minimum atomic E-state index is -0.670. The largest absolute Gasteiger partial charge is 0.396 e. The Morgan fingerprint density at radius 3 is 1.38 bits per heavy atom. The molecule has 0 atom stereocenters. The number of rotatable bonds is 15. The molecule has 0 spiro atoms. The third kappa shape index (κ3) is 11.1. The minimum Gasteiger partial charge on any atom is -0.396 e. The highest BCUT2D eigenvalue weighted by molar-refractivity contribution is 4.76. The molecule has 0 aliphatic rings. The number of aliphatic hydroxyl groups is 3. The zero-order chi connectivity index (χ0) is 16.0. The maximum atomic E-state index is 9.23. The molecule has 0 bridgehead atoms. The molecule has 0 aromatic heterocycles. The van der Waals surface area contributed by atoms with E-state index in [1.54, 1.807) is 0 Å². The summed E-state index contributed by atoms with van der Waals surface area (Å²) in [5.41, 5.74) is -0.670. The standard InChI is InChI=1S/C18H38O3/c1-17(2)12-10-8-6-4-3-5-7-9-11-13-18(14-19,15-20)16-21/h17,19-21H,3-16H2,1-2H3. The van der Waals surface area contributed by atoms with Gasteiger partial charge in [-0.2, -0.15) is 0 Å². The molecule has 0 fully saturated rings. The fourth-order valence-electron chi connectivity index (χ4n) is 2.68. The molecular formula is C18H38O3. The highest BCUT2D eigenvalue weighted by Gasteiger charge is 2.26. The Morgan fingerprint density at radius 2 is 1.00 bits per heavy atom. The summed E-state index contributed by atoms with van der Waals surface area (Å²) in [7, 11) is 0. The summed E-state index contributed by atoms with van der Waals surface area (Å²) >= 11 is 0. The molecule has 3 nitrogen and oxygen atoms in total. The average molecular weight is 302 g/mol. The van der Waals surface area contributed by atoms with E-state index < -0.39 is 5.41 Å². The van der Waals surface area contributed by atoms with Crippen LogP contribution >= 0.6 is 0 Å². The molecule has 3 N–H and O–H groups in total. The van der Waals surface area contributed by atoms with Gasteiger partial charge in [0.15, 0.2) is 0 Å². The molecule has 0 unspecified atom stereocenters. The SMILES string of the molecule is CC(C)CCCCCCCCCCCC(CO)(CO)CO. The second kappa shape index (κ2) is 13.5. The van der Waals surface area contributed by atoms with Gasteiger partial charge in [0, 0.05) is 5.41 Å². The topological polar surface area (TPSA) is 60.7 Å². The summed E-state index contributed by atoms with van der Waals surface area (Å²) < 4.78 is 0. The van der Waals surface area contributed by atoms with Gasteiger partial charge in [-0.15, -0.1) is 0 Å². The van der Waals surface area contributed by atoms with Gasteiger partial charge in [0.2, 0.25) is 0 Å². The van der Waals surface area contributed by atoms with Crippen molar-refractivity contribution in [3.63, 3.8) is 0 Å². The van der Waals surface area contributed by atoms with Gasteiger partial charge in [-0.3, -0.25) is 0 Å². The van der Waals surface area contributed by atoms with Gasteiger partial charge in [-0.1, -0.05) is 78.1 Å². The minimum absolute atomic E-state index is 0.129. The molecule has 0 aliphatic carbocycles. The fraction of sp³-hybridized carbons (Fsp3) is 1.00. The molecule has 0 saturated carbocycles. The van der Waals surface area contributed by atoms with E-state index in [4.69, 9.17) is 0 Å². The summed E-state index contributed by atoms with van der Waals surface area (Å²) in [5, 5.41) is 27.7. The maximum absolute atomic E-state index is 9.23. The molecule has 0 aromatic carbocycles. The van der Waals surface area contributed by atoms with Crippen LogP contribution in [-0.4, -0.2) is 35.1 Å². The average Bonchev–Trinajstić information content (AvgIpc) is 2.49. The first-order valence-corrected chi connectivity index (χ1v) is 8.93. The highest BCUT2D eigenvalue weighted by atomic mass is 16.3. The van der Waals surface area contributed by atoms with Crippen LogP contribution in [0, 0.1) is 11.3 Å². The molecule has 0 rings (SSSR count). The molecule has 0 heterocycles. The van der Waals surface area contributed by atoms with E-state index in [0.717, 1.165) is 18.8 Å². The van der Waals surface area contributed by atoms with Gasteiger partial charge in [0.05, 0.1) is 19.8 Å². The lowest BCUT2D eigenvalue weighted by Crippen LogP contribution is -2.33. The number of unbranched alkanes of at least 4 members (excludes halogenated alkanes) is 8. The lowest BCUT2D eigenvalue weighted by Gasteiger charge is -2.27. The number of aliphatic hydroxyl groups excluding tert-OH is 3. The van der Waals surface area contributed by atoms with Crippen molar-refractivity contribution in [1.82, 2.24) is 0 Å². The van der Waals surface area contributed by atoms with Gasteiger partial charge in [0.1, 0.15) is 0 Å². The molecule has 128 valence electrons. The van der Waals surface area contributed by atoms with Crippen molar-refractivity contribution in [3.05, 3.63) is 0 Å². The lowest BCUT2D eigenvalue weighted by atomic mass is 9.85. The molecule has 3 heteroatoms. The first-order valence-electron chi connectivity index (χ1n) is 8.93. The van der Waals surface area contributed by atoms with Crippen LogP contribution in [0.3, 0.4) is 0 Å². The summed E-state index contributed by atoms with van der Waals surface area (Å²) in [6.07, 6.45) is 13.5. The highest BCUT2D eigenvalue weighted by Crippen LogP contribution is 2.24. The molecule has 0 aromatic rings. The van der Waals surface area contributed by atoms with Crippen molar-refractivity contribution >= 4 is 0 Å². The summed E-state index contributed by atoms with van der Waals surface area (Å²) in [5.74, 6) is 0.842. The molecular weight excluding hydrogens is 264 g/mol. The van der Waals surface area contributed by atoms with Gasteiger partial charge in [-0.25, -0.2) is 0 Å². The van der Waals surface area contributed by atoms with Crippen molar-refractivity contribution in [2.75, 3.05) is 19.8 Å². The van der Waals surface area contributed by atoms with E-state index in [1.165, 1.54) is 51.4 Å². The fourth-order valence-corrected chi connectivity index (χ4v) is 2.68. The van der Waals surface area contributed by atoms with Crippen LogP contribution in [0.15, 0.2) is 0 Å². The Hall–Kier alpha value is -0.120. The van der Waals surface area contributed by atoms with E-state index in [0.29, 0.717) is 6.42 Å². The third-order valence-electron chi connectivity index (χ3n) is 4.49. The Kier molecular flexibility index (Phi) is 13.5. The van der Waals surface area contributed by atoms with Crippen LogP contribution in [0.1, 0.15) is 84.5 Å². The van der Waals surface area contributed by atoms with Gasteiger partial charge in [0.25, 0.3) is 0 Å². The predicted molar refractivity (Wildman–Crippen MR) is 89.3 cm³/mol. The Bertz CT molecular complexity index is 204. The van der Waals surface area contributed by atoms with E-state index in [9.17, 15) is 15.3 Å². The van der Waals surface area contributed by atoms with E-state index in [2.05, 4.69) is 13.8 Å². The van der Waals surface area contributed by atoms with Crippen molar-refractivity contribution in [2.24, 2.45) is 11.3 Å². The van der Waals surface area contributed by atoms with E-state index in [-0.39, 0.29) is 19.8 Å². The van der Waals surface area contributed by atoms with Crippen molar-refractivity contribution < 1.29 is 15.3 Å². The number of hydrogen-bond acceptors (Lipinski definition) is 3. The van der Waals surface area contributed by atoms with Crippen LogP contribution in [0.2, 0.25) is 0 Å². The van der Waals surface area contributed by atoms with Crippen LogP contribution in [-0.2, 0) is 0 Å². The molecule has 0 amide bonds. The normalized spacial score (nSPS) is 12.3. The second-order valence-electron chi connectivity index (χ2n) is 7.09. The molecule has 21 heavy (non-hydrogen) atoms. The van der Waals surface area contributed by atoms with Crippen molar-refractivity contribution in [3.8, 4) is 0 Å². The number of hydrogen-bond donors (Lipinski definition) is 3. The lowest BCUT2D eigenvalue weighted by molar-refractivity contribution is -0.00230. The Morgan fingerprint density at radius 1 is 0.619 bits per heavy atom. The van der Waals surface area contributed by atoms with Crippen LogP contribution in [0.4, 0.5) is 0 Å². The molecule has 0 saturated heterocycles. The third-order valence-corrected chi connectivity index (χ3v) is 4.49. The summed E-state index contributed by atoms with van der Waals surface area (Å²) in [6, 6.07) is 0. The smallest absolute Gasteiger partial charge is 0.0531 e. The Labute approximate surface area is 131 Å². The maximum Gasteiger partial charge on any atom is 0.0531 e. The zero-order valence-electron chi connectivity index (χ0n) is 14.3. The van der Waals surface area contributed by atoms with E-state index in [1.807, 2.05) is 0 Å². The van der Waals surface area contributed by atoms with Crippen LogP contribution in [0.5, 0.6) is 0 Å². The predicted octanol–water partition coefficient (Wildman–Crippen LogP) is 3.90. The first-order chi connectivity index (χ1) is 10.1. The first kappa shape index (κ1) is 20.9. The van der Waals surface area contributed by atoms with Gasteiger partial charge >= 0.3 is 0 Å². The van der Waals surface area contributed by atoms with Gasteiger partial charge in [-0.05, 0) is 12.3 Å². The quantitative estimate of drug-likeness (QED) is 0.402. The zero-order valence-corrected chi connectivity index (χ0v) is 14.3. The van der Waals surface area contributed by atoms with Gasteiger partial charge < -0.3 is 15.3 Å². The van der Waals surface area contributed by atoms with Crippen molar-refractivity contribution in [1.29, 1.82) is 0 Å². The Balaban J connectivity index is 3.33. The monoisotopic (exact) mass is 302 g/mol. The molecule has 0 radical (unpaired) electrons. The van der Waals surface area contributed by atoms with Crippen LogP contribution in [0.25, 0.3) is 0 Å². The summed E-state index contributed by atoms with van der Waals surface area (Å²) in [4.78, 5) is 0. The van der Waals surface area contributed by atoms with Crippen LogP contribution < -0.4 is 0 Å².